The summed E-state index contributed by atoms with van der Waals surface area (Å²) in [7, 11) is 3.08. The molecule has 0 aromatic heterocycles. The van der Waals surface area contributed by atoms with Gasteiger partial charge < -0.3 is 20.5 Å². The number of nitriles is 1. The molecule has 3 atom stereocenters. The summed E-state index contributed by atoms with van der Waals surface area (Å²) in [5.74, 6) is 0.723. The molecular weight excluding hydrogens is 294 g/mol. The van der Waals surface area contributed by atoms with Crippen LogP contribution in [0.25, 0.3) is 0 Å². The first-order valence-corrected chi connectivity index (χ1v) is 7.78. The van der Waals surface area contributed by atoms with E-state index >= 15 is 0 Å². The van der Waals surface area contributed by atoms with Gasteiger partial charge in [0.25, 0.3) is 0 Å². The molecule has 1 saturated carbocycles. The highest BCUT2D eigenvalue weighted by atomic mass is 16.5. The first-order chi connectivity index (χ1) is 11.1. The van der Waals surface area contributed by atoms with Gasteiger partial charge in [0.2, 0.25) is 5.91 Å². The summed E-state index contributed by atoms with van der Waals surface area (Å²) in [4.78, 5) is 12.4. The monoisotopic (exact) mass is 317 g/mol. The quantitative estimate of drug-likeness (QED) is 0.864. The third kappa shape index (κ3) is 3.93. The summed E-state index contributed by atoms with van der Waals surface area (Å²) in [5, 5.41) is 12.2. The van der Waals surface area contributed by atoms with Crippen molar-refractivity contribution in [1.29, 1.82) is 5.26 Å². The van der Waals surface area contributed by atoms with Gasteiger partial charge in [-0.05, 0) is 30.5 Å². The molecule has 0 heterocycles. The molecular formula is C17H23N3O3. The Hall–Kier alpha value is -2.26. The third-order valence-electron chi connectivity index (χ3n) is 4.31. The Morgan fingerprint density at radius 2 is 2.00 bits per heavy atom. The van der Waals surface area contributed by atoms with Crippen LogP contribution in [0.4, 0.5) is 0 Å². The van der Waals surface area contributed by atoms with Crippen LogP contribution in [0, 0.1) is 17.2 Å². The predicted octanol–water partition coefficient (Wildman–Crippen LogP) is 1.90. The van der Waals surface area contributed by atoms with E-state index in [0.717, 1.165) is 25.7 Å². The molecule has 6 nitrogen and oxygen atoms in total. The van der Waals surface area contributed by atoms with E-state index in [1.54, 1.807) is 25.3 Å². The minimum atomic E-state index is -0.739. The molecule has 1 unspecified atom stereocenters. The van der Waals surface area contributed by atoms with Crippen LogP contribution >= 0.6 is 0 Å². The van der Waals surface area contributed by atoms with E-state index in [4.69, 9.17) is 15.2 Å². The lowest BCUT2D eigenvalue weighted by Gasteiger charge is -2.28. The Morgan fingerprint density at radius 1 is 1.30 bits per heavy atom. The first kappa shape index (κ1) is 17.1. The van der Waals surface area contributed by atoms with Crippen molar-refractivity contribution in [3.63, 3.8) is 0 Å². The Bertz CT molecular complexity index is 597. The lowest BCUT2D eigenvalue weighted by Crippen LogP contribution is -2.44. The Balaban J connectivity index is 2.13. The molecule has 1 aromatic rings. The van der Waals surface area contributed by atoms with Crippen molar-refractivity contribution in [2.24, 2.45) is 11.7 Å². The van der Waals surface area contributed by atoms with Crippen LogP contribution in [-0.4, -0.2) is 26.2 Å². The summed E-state index contributed by atoms with van der Waals surface area (Å²) >= 11 is 0. The second kappa shape index (κ2) is 7.84. The normalized spacial score (nSPS) is 21.8. The molecule has 23 heavy (non-hydrogen) atoms. The summed E-state index contributed by atoms with van der Waals surface area (Å²) in [5.41, 5.74) is 6.69. The van der Waals surface area contributed by atoms with Gasteiger partial charge in [0, 0.05) is 6.04 Å². The number of nitrogens with zero attached hydrogens (tertiary/aromatic N) is 1. The van der Waals surface area contributed by atoms with Gasteiger partial charge in [-0.3, -0.25) is 4.79 Å². The molecule has 124 valence electrons. The molecule has 3 N–H and O–H groups in total. The SMILES string of the molecule is COc1ccc(C(C#N)NC(=O)[C@@H]2CCCC[C@@H]2N)cc1OC. The van der Waals surface area contributed by atoms with Crippen molar-refractivity contribution in [1.82, 2.24) is 5.32 Å². The Kier molecular flexibility index (Phi) is 5.83. The maximum absolute atomic E-state index is 12.4. The maximum Gasteiger partial charge on any atom is 0.225 e. The molecule has 2 rings (SSSR count). The molecule has 0 bridgehead atoms. The molecule has 0 spiro atoms. The van der Waals surface area contributed by atoms with E-state index in [1.807, 2.05) is 0 Å². The molecule has 0 radical (unpaired) electrons. The van der Waals surface area contributed by atoms with Gasteiger partial charge in [-0.15, -0.1) is 0 Å². The number of ether oxygens (including phenoxy) is 2. The van der Waals surface area contributed by atoms with Crippen LogP contribution in [0.15, 0.2) is 18.2 Å². The molecule has 0 saturated heterocycles. The van der Waals surface area contributed by atoms with Crippen molar-refractivity contribution >= 4 is 5.91 Å². The Labute approximate surface area is 136 Å². The number of rotatable bonds is 5. The first-order valence-electron chi connectivity index (χ1n) is 7.78. The standard InChI is InChI=1S/C17H23N3O3/c1-22-15-8-7-11(9-16(15)23-2)14(10-18)20-17(21)12-5-3-4-6-13(12)19/h7-9,12-14H,3-6,19H2,1-2H3,(H,20,21)/t12-,13+,14?/m1/s1. The number of amides is 1. The molecule has 1 aliphatic rings. The number of carbonyl (C=O) groups is 1. The minimum Gasteiger partial charge on any atom is -0.493 e. The topological polar surface area (TPSA) is 97.4 Å². The number of benzene rings is 1. The average Bonchev–Trinajstić information content (AvgIpc) is 2.59. The van der Waals surface area contributed by atoms with Crippen molar-refractivity contribution in [3.8, 4) is 17.6 Å². The molecule has 1 amide bonds. The molecule has 1 fully saturated rings. The van der Waals surface area contributed by atoms with E-state index in [0.29, 0.717) is 17.1 Å². The Morgan fingerprint density at radius 3 is 2.61 bits per heavy atom. The minimum absolute atomic E-state index is 0.131. The van der Waals surface area contributed by atoms with Gasteiger partial charge in [-0.25, -0.2) is 0 Å². The van der Waals surface area contributed by atoms with Crippen molar-refractivity contribution in [3.05, 3.63) is 23.8 Å². The highest BCUT2D eigenvalue weighted by molar-refractivity contribution is 5.80. The maximum atomic E-state index is 12.4. The van der Waals surface area contributed by atoms with Crippen LogP contribution < -0.4 is 20.5 Å². The lowest BCUT2D eigenvalue weighted by molar-refractivity contribution is -0.126. The van der Waals surface area contributed by atoms with Crippen molar-refractivity contribution in [2.45, 2.75) is 37.8 Å². The highest BCUT2D eigenvalue weighted by Crippen LogP contribution is 2.30. The summed E-state index contributed by atoms with van der Waals surface area (Å²) in [6, 6.07) is 6.42. The van der Waals surface area contributed by atoms with Crippen LogP contribution in [0.5, 0.6) is 11.5 Å². The zero-order chi connectivity index (χ0) is 16.8. The fraction of sp³-hybridized carbons (Fsp3) is 0.529. The van der Waals surface area contributed by atoms with E-state index in [1.165, 1.54) is 7.11 Å². The molecule has 6 heteroatoms. The van der Waals surface area contributed by atoms with Gasteiger partial charge in [0.15, 0.2) is 11.5 Å². The van der Waals surface area contributed by atoms with E-state index in [-0.39, 0.29) is 17.9 Å². The molecule has 0 aliphatic heterocycles. The highest BCUT2D eigenvalue weighted by Gasteiger charge is 2.30. The number of nitrogens with two attached hydrogens (primary N) is 1. The van der Waals surface area contributed by atoms with Crippen molar-refractivity contribution < 1.29 is 14.3 Å². The van der Waals surface area contributed by atoms with E-state index in [9.17, 15) is 10.1 Å². The lowest BCUT2D eigenvalue weighted by atomic mass is 9.84. The van der Waals surface area contributed by atoms with Crippen LogP contribution in [-0.2, 0) is 4.79 Å². The van der Waals surface area contributed by atoms with E-state index in [2.05, 4.69) is 11.4 Å². The zero-order valence-corrected chi connectivity index (χ0v) is 13.5. The third-order valence-corrected chi connectivity index (χ3v) is 4.31. The number of methoxy groups -OCH3 is 2. The molecule has 1 aliphatic carbocycles. The van der Waals surface area contributed by atoms with Crippen LogP contribution in [0.2, 0.25) is 0 Å². The largest absolute Gasteiger partial charge is 0.493 e. The van der Waals surface area contributed by atoms with Crippen molar-refractivity contribution in [2.75, 3.05) is 14.2 Å². The van der Waals surface area contributed by atoms with Gasteiger partial charge in [0.05, 0.1) is 26.2 Å². The fourth-order valence-electron chi connectivity index (χ4n) is 2.96. The van der Waals surface area contributed by atoms with E-state index < -0.39 is 6.04 Å². The van der Waals surface area contributed by atoms with Gasteiger partial charge in [0.1, 0.15) is 6.04 Å². The van der Waals surface area contributed by atoms with Crippen LogP contribution in [0.3, 0.4) is 0 Å². The average molecular weight is 317 g/mol. The number of hydrogen-bond acceptors (Lipinski definition) is 5. The number of hydrogen-bond donors (Lipinski definition) is 2. The summed E-state index contributed by atoms with van der Waals surface area (Å²) in [6.07, 6.45) is 3.68. The smallest absolute Gasteiger partial charge is 0.225 e. The number of nitrogens with one attached hydrogen (secondary N) is 1. The molecule has 1 aromatic carbocycles. The number of carbonyl (C=O) groups excluding carboxylic acids is 1. The van der Waals surface area contributed by atoms with Gasteiger partial charge in [-0.2, -0.15) is 5.26 Å². The summed E-state index contributed by atoms with van der Waals surface area (Å²) < 4.78 is 10.4. The summed E-state index contributed by atoms with van der Waals surface area (Å²) in [6.45, 7) is 0. The van der Waals surface area contributed by atoms with Gasteiger partial charge in [-0.1, -0.05) is 18.9 Å². The second-order valence-electron chi connectivity index (χ2n) is 5.74. The zero-order valence-electron chi connectivity index (χ0n) is 13.5. The fourth-order valence-corrected chi connectivity index (χ4v) is 2.96. The van der Waals surface area contributed by atoms with Gasteiger partial charge >= 0.3 is 0 Å². The second-order valence-corrected chi connectivity index (χ2v) is 5.74. The predicted molar refractivity (Wildman–Crippen MR) is 86.0 cm³/mol. The van der Waals surface area contributed by atoms with Crippen LogP contribution in [0.1, 0.15) is 37.3 Å².